The molecule has 0 amide bonds. The van der Waals surface area contributed by atoms with Gasteiger partial charge >= 0.3 is 0 Å². The zero-order valence-corrected chi connectivity index (χ0v) is 10.2. The van der Waals surface area contributed by atoms with Crippen LogP contribution in [0.4, 0.5) is 4.39 Å². The molecule has 0 radical (unpaired) electrons. The van der Waals surface area contributed by atoms with Gasteiger partial charge in [-0.05, 0) is 6.07 Å². The highest BCUT2D eigenvalue weighted by Gasteiger charge is 2.24. The Labute approximate surface area is 102 Å². The van der Waals surface area contributed by atoms with Crippen LogP contribution in [-0.2, 0) is 0 Å². The first-order valence-corrected chi connectivity index (χ1v) is 6.00. The molecule has 0 unspecified atom stereocenters. The number of nitrogens with one attached hydrogen (secondary N) is 1. The molecule has 1 N–H and O–H groups in total. The van der Waals surface area contributed by atoms with E-state index in [0.29, 0.717) is 0 Å². The fourth-order valence-electron chi connectivity index (χ4n) is 2.31. The molecule has 1 saturated heterocycles. The molecule has 1 heterocycles. The van der Waals surface area contributed by atoms with Gasteiger partial charge in [-0.15, -0.1) is 0 Å². The third-order valence-corrected chi connectivity index (χ3v) is 3.24. The van der Waals surface area contributed by atoms with Crippen LogP contribution in [0.5, 0.6) is 5.75 Å². The van der Waals surface area contributed by atoms with Crippen molar-refractivity contribution in [3.05, 3.63) is 29.8 Å². The summed E-state index contributed by atoms with van der Waals surface area (Å²) in [5.41, 5.74) is 0.944. The number of ether oxygens (including phenoxy) is 1. The van der Waals surface area contributed by atoms with Gasteiger partial charge in [-0.25, -0.2) is 4.39 Å². The molecule has 94 valence electrons. The number of alkyl halides is 1. The van der Waals surface area contributed by atoms with Crippen LogP contribution >= 0.6 is 0 Å². The number of nitrogens with zero attached hydrogens (tertiary/aromatic N) is 1. The van der Waals surface area contributed by atoms with Crippen molar-refractivity contribution in [1.82, 2.24) is 10.2 Å². The first-order valence-electron chi connectivity index (χ1n) is 6.00. The molecule has 0 aliphatic carbocycles. The van der Waals surface area contributed by atoms with E-state index in [4.69, 9.17) is 4.74 Å². The van der Waals surface area contributed by atoms with Gasteiger partial charge in [-0.3, -0.25) is 4.90 Å². The zero-order valence-electron chi connectivity index (χ0n) is 10.2. The van der Waals surface area contributed by atoms with E-state index in [1.807, 2.05) is 24.3 Å². The third-order valence-electron chi connectivity index (χ3n) is 3.24. The minimum absolute atomic E-state index is 0.187. The highest BCUT2D eigenvalue weighted by Crippen LogP contribution is 2.29. The Hall–Kier alpha value is -1.13. The average molecular weight is 238 g/mol. The molecule has 2 rings (SSSR count). The van der Waals surface area contributed by atoms with Crippen molar-refractivity contribution in [2.75, 3.05) is 40.0 Å². The smallest absolute Gasteiger partial charge is 0.123 e. The van der Waals surface area contributed by atoms with Crippen LogP contribution in [0.3, 0.4) is 0 Å². The molecule has 1 atom stereocenters. The van der Waals surface area contributed by atoms with Crippen molar-refractivity contribution in [2.45, 2.75) is 6.04 Å². The molecule has 1 aromatic rings. The number of hydrogen-bond donors (Lipinski definition) is 1. The molecule has 1 fully saturated rings. The molecule has 0 saturated carbocycles. The molecule has 0 spiro atoms. The average Bonchev–Trinajstić information content (AvgIpc) is 2.41. The minimum Gasteiger partial charge on any atom is -0.496 e. The Kier molecular flexibility index (Phi) is 4.34. The van der Waals surface area contributed by atoms with Crippen LogP contribution in [0.2, 0.25) is 0 Å². The summed E-state index contributed by atoms with van der Waals surface area (Å²) in [6.45, 7) is 3.23. The molecule has 1 aromatic carbocycles. The predicted octanol–water partition coefficient (Wildman–Crippen LogP) is 1.61. The van der Waals surface area contributed by atoms with Gasteiger partial charge in [0.15, 0.2) is 0 Å². The van der Waals surface area contributed by atoms with E-state index in [-0.39, 0.29) is 12.7 Å². The monoisotopic (exact) mass is 238 g/mol. The third kappa shape index (κ3) is 2.76. The van der Waals surface area contributed by atoms with Crippen molar-refractivity contribution in [1.29, 1.82) is 0 Å². The normalized spacial score (nSPS) is 18.9. The number of benzene rings is 1. The molecule has 0 aromatic heterocycles. The summed E-state index contributed by atoms with van der Waals surface area (Å²) in [5, 5.41) is 3.28. The Morgan fingerprint density at radius 1 is 1.35 bits per heavy atom. The first-order chi connectivity index (χ1) is 8.36. The van der Waals surface area contributed by atoms with Gasteiger partial charge in [0.05, 0.1) is 13.2 Å². The van der Waals surface area contributed by atoms with E-state index in [2.05, 4.69) is 10.2 Å². The summed E-state index contributed by atoms with van der Waals surface area (Å²) in [4.78, 5) is 2.17. The Morgan fingerprint density at radius 3 is 2.71 bits per heavy atom. The summed E-state index contributed by atoms with van der Waals surface area (Å²) in [5.74, 6) is 0.772. The molecule has 17 heavy (non-hydrogen) atoms. The topological polar surface area (TPSA) is 24.5 Å². The quantitative estimate of drug-likeness (QED) is 0.862. The summed E-state index contributed by atoms with van der Waals surface area (Å²) in [7, 11) is 1.63. The summed E-state index contributed by atoms with van der Waals surface area (Å²) >= 11 is 0. The maximum Gasteiger partial charge on any atom is 0.123 e. The van der Waals surface area contributed by atoms with Gasteiger partial charge in [0.1, 0.15) is 12.4 Å². The molecule has 4 heteroatoms. The highest BCUT2D eigenvalue weighted by molar-refractivity contribution is 5.36. The number of rotatable bonds is 4. The number of piperazine rings is 1. The van der Waals surface area contributed by atoms with Crippen LogP contribution in [-0.4, -0.2) is 44.9 Å². The molecule has 0 bridgehead atoms. The van der Waals surface area contributed by atoms with Crippen molar-refractivity contribution in [3.63, 3.8) is 0 Å². The van der Waals surface area contributed by atoms with Gasteiger partial charge < -0.3 is 10.1 Å². The SMILES string of the molecule is COc1ccccc1[C@@H](CF)N1CCNCC1. The van der Waals surface area contributed by atoms with E-state index < -0.39 is 0 Å². The second-order valence-corrected chi connectivity index (χ2v) is 4.20. The van der Waals surface area contributed by atoms with Crippen LogP contribution in [0.1, 0.15) is 11.6 Å². The standard InChI is InChI=1S/C13H19FN2O/c1-17-13-5-3-2-4-11(13)12(10-14)16-8-6-15-7-9-16/h2-5,12,15H,6-10H2,1H3/t12-/m1/s1. The lowest BCUT2D eigenvalue weighted by molar-refractivity contribution is 0.145. The number of hydrogen-bond acceptors (Lipinski definition) is 3. The fraction of sp³-hybridized carbons (Fsp3) is 0.538. The van der Waals surface area contributed by atoms with E-state index in [9.17, 15) is 4.39 Å². The molecular formula is C13H19FN2O. The van der Waals surface area contributed by atoms with Gasteiger partial charge in [-0.1, -0.05) is 18.2 Å². The summed E-state index contributed by atoms with van der Waals surface area (Å²) < 4.78 is 18.6. The van der Waals surface area contributed by atoms with Gasteiger partial charge in [0, 0.05) is 31.7 Å². The van der Waals surface area contributed by atoms with Crippen molar-refractivity contribution >= 4 is 0 Å². The molecular weight excluding hydrogens is 219 g/mol. The van der Waals surface area contributed by atoms with Crippen molar-refractivity contribution < 1.29 is 9.13 Å². The Bertz CT molecular complexity index is 353. The second kappa shape index (κ2) is 5.98. The summed E-state index contributed by atoms with van der Waals surface area (Å²) in [6.07, 6.45) is 0. The number of para-hydroxylation sites is 1. The van der Waals surface area contributed by atoms with Crippen LogP contribution in [0.15, 0.2) is 24.3 Å². The lowest BCUT2D eigenvalue weighted by Crippen LogP contribution is -2.45. The maximum absolute atomic E-state index is 13.3. The predicted molar refractivity (Wildman–Crippen MR) is 66.2 cm³/mol. The number of halogens is 1. The molecule has 3 nitrogen and oxygen atoms in total. The van der Waals surface area contributed by atoms with Gasteiger partial charge in [0.2, 0.25) is 0 Å². The zero-order chi connectivity index (χ0) is 12.1. The van der Waals surface area contributed by atoms with Crippen molar-refractivity contribution in [2.24, 2.45) is 0 Å². The van der Waals surface area contributed by atoms with E-state index >= 15 is 0 Å². The molecule has 1 aliphatic rings. The lowest BCUT2D eigenvalue weighted by atomic mass is 10.0. The lowest BCUT2D eigenvalue weighted by Gasteiger charge is -2.34. The van der Waals surface area contributed by atoms with E-state index in [1.54, 1.807) is 7.11 Å². The van der Waals surface area contributed by atoms with E-state index in [0.717, 1.165) is 37.5 Å². The van der Waals surface area contributed by atoms with Crippen LogP contribution in [0, 0.1) is 0 Å². The second-order valence-electron chi connectivity index (χ2n) is 4.20. The number of methoxy groups -OCH3 is 1. The van der Waals surface area contributed by atoms with Gasteiger partial charge in [-0.2, -0.15) is 0 Å². The van der Waals surface area contributed by atoms with E-state index in [1.165, 1.54) is 0 Å². The minimum atomic E-state index is -0.375. The largest absolute Gasteiger partial charge is 0.496 e. The highest BCUT2D eigenvalue weighted by atomic mass is 19.1. The van der Waals surface area contributed by atoms with Gasteiger partial charge in [0.25, 0.3) is 0 Å². The summed E-state index contributed by atoms with van der Waals surface area (Å²) in [6, 6.07) is 7.50. The maximum atomic E-state index is 13.3. The Morgan fingerprint density at radius 2 is 2.06 bits per heavy atom. The van der Waals surface area contributed by atoms with Crippen LogP contribution < -0.4 is 10.1 Å². The van der Waals surface area contributed by atoms with Crippen molar-refractivity contribution in [3.8, 4) is 5.75 Å². The fourth-order valence-corrected chi connectivity index (χ4v) is 2.31. The Balaban J connectivity index is 2.21. The first kappa shape index (κ1) is 12.3. The van der Waals surface area contributed by atoms with Crippen LogP contribution in [0.25, 0.3) is 0 Å². The molecule has 1 aliphatic heterocycles.